The van der Waals surface area contributed by atoms with Gasteiger partial charge in [0.1, 0.15) is 12.4 Å². The molecule has 2 fully saturated rings. The van der Waals surface area contributed by atoms with Crippen LogP contribution in [0.15, 0.2) is 24.3 Å². The SMILES string of the molecule is CC1NC(c2ccc(CNC3CC(C(N)=O)CCN3)cc2)NO1. The van der Waals surface area contributed by atoms with Crippen LogP contribution in [0.2, 0.25) is 0 Å². The van der Waals surface area contributed by atoms with E-state index in [9.17, 15) is 4.79 Å². The molecule has 7 nitrogen and oxygen atoms in total. The van der Waals surface area contributed by atoms with Gasteiger partial charge in [-0.3, -0.25) is 20.3 Å². The molecule has 2 saturated heterocycles. The quantitative estimate of drug-likeness (QED) is 0.526. The molecule has 2 heterocycles. The minimum absolute atomic E-state index is 0.0110. The van der Waals surface area contributed by atoms with Gasteiger partial charge in [-0.2, -0.15) is 5.48 Å². The topological polar surface area (TPSA) is 100 Å². The summed E-state index contributed by atoms with van der Waals surface area (Å²) >= 11 is 0. The second-order valence-electron chi connectivity index (χ2n) is 6.23. The summed E-state index contributed by atoms with van der Waals surface area (Å²) in [5, 5.41) is 10.1. The third kappa shape index (κ3) is 4.27. The highest BCUT2D eigenvalue weighted by Crippen LogP contribution is 2.17. The zero-order valence-corrected chi connectivity index (χ0v) is 13.3. The summed E-state index contributed by atoms with van der Waals surface area (Å²) in [7, 11) is 0. The van der Waals surface area contributed by atoms with Crippen LogP contribution in [0.25, 0.3) is 0 Å². The summed E-state index contributed by atoms with van der Waals surface area (Å²) < 4.78 is 0. The van der Waals surface area contributed by atoms with Crippen molar-refractivity contribution in [3.63, 3.8) is 0 Å². The Morgan fingerprint density at radius 1 is 1.39 bits per heavy atom. The molecule has 2 aliphatic heterocycles. The molecule has 1 aromatic rings. The van der Waals surface area contributed by atoms with Crippen molar-refractivity contribution in [1.82, 2.24) is 21.4 Å². The van der Waals surface area contributed by atoms with Crippen LogP contribution in [-0.2, 0) is 16.2 Å². The maximum Gasteiger partial charge on any atom is 0.220 e. The Hall–Kier alpha value is -1.51. The second kappa shape index (κ2) is 7.37. The fourth-order valence-electron chi connectivity index (χ4n) is 3.04. The van der Waals surface area contributed by atoms with Gasteiger partial charge in [-0.25, -0.2) is 0 Å². The average molecular weight is 319 g/mol. The van der Waals surface area contributed by atoms with E-state index in [4.69, 9.17) is 10.6 Å². The molecule has 6 N–H and O–H groups in total. The van der Waals surface area contributed by atoms with Gasteiger partial charge in [-0.1, -0.05) is 24.3 Å². The van der Waals surface area contributed by atoms with Gasteiger partial charge in [-0.05, 0) is 37.4 Å². The molecule has 7 heteroatoms. The van der Waals surface area contributed by atoms with Gasteiger partial charge in [0.2, 0.25) is 5.91 Å². The van der Waals surface area contributed by atoms with E-state index in [1.165, 1.54) is 5.56 Å². The number of piperidine rings is 1. The van der Waals surface area contributed by atoms with Crippen molar-refractivity contribution in [2.75, 3.05) is 6.54 Å². The Morgan fingerprint density at radius 3 is 2.83 bits per heavy atom. The maximum atomic E-state index is 11.3. The second-order valence-corrected chi connectivity index (χ2v) is 6.23. The van der Waals surface area contributed by atoms with Crippen LogP contribution in [-0.4, -0.2) is 24.8 Å². The standard InChI is InChI=1S/C16H25N5O2/c1-10-20-16(21-23-10)12-4-2-11(3-5-12)9-19-14-8-13(15(17)22)6-7-18-14/h2-5,10,13-14,16,18-21H,6-9H2,1H3,(H2,17,22). The van der Waals surface area contributed by atoms with E-state index in [0.717, 1.165) is 31.5 Å². The average Bonchev–Trinajstić information content (AvgIpc) is 3.00. The van der Waals surface area contributed by atoms with Crippen LogP contribution in [0.4, 0.5) is 0 Å². The molecule has 3 rings (SSSR count). The minimum Gasteiger partial charge on any atom is -0.369 e. The Bertz CT molecular complexity index is 536. The molecule has 4 atom stereocenters. The highest BCUT2D eigenvalue weighted by atomic mass is 16.7. The van der Waals surface area contributed by atoms with E-state index < -0.39 is 0 Å². The van der Waals surface area contributed by atoms with Crippen molar-refractivity contribution in [3.8, 4) is 0 Å². The number of carbonyl (C=O) groups excluding carboxylic acids is 1. The lowest BCUT2D eigenvalue weighted by molar-refractivity contribution is -0.122. The van der Waals surface area contributed by atoms with Gasteiger partial charge in [0.05, 0.1) is 6.17 Å². The van der Waals surface area contributed by atoms with Gasteiger partial charge >= 0.3 is 0 Å². The number of benzene rings is 1. The summed E-state index contributed by atoms with van der Waals surface area (Å²) in [5.41, 5.74) is 10.7. The largest absolute Gasteiger partial charge is 0.369 e. The number of nitrogens with two attached hydrogens (primary N) is 1. The number of carbonyl (C=O) groups is 1. The first-order chi connectivity index (χ1) is 11.1. The predicted octanol–water partition coefficient (Wildman–Crippen LogP) is 0.0562. The third-order valence-corrected chi connectivity index (χ3v) is 4.44. The molecule has 1 amide bonds. The molecular formula is C16H25N5O2. The zero-order valence-electron chi connectivity index (χ0n) is 13.3. The Kier molecular flexibility index (Phi) is 5.24. The molecule has 0 spiro atoms. The first-order valence-corrected chi connectivity index (χ1v) is 8.14. The molecule has 0 radical (unpaired) electrons. The summed E-state index contributed by atoms with van der Waals surface area (Å²) in [4.78, 5) is 16.6. The zero-order chi connectivity index (χ0) is 16.2. The molecular weight excluding hydrogens is 294 g/mol. The Morgan fingerprint density at radius 2 is 2.17 bits per heavy atom. The Balaban J connectivity index is 1.49. The van der Waals surface area contributed by atoms with Crippen molar-refractivity contribution in [2.24, 2.45) is 11.7 Å². The fourth-order valence-corrected chi connectivity index (χ4v) is 3.04. The number of amides is 1. The van der Waals surface area contributed by atoms with Gasteiger partial charge in [0, 0.05) is 12.5 Å². The summed E-state index contributed by atoms with van der Waals surface area (Å²) in [5.74, 6) is -0.228. The van der Waals surface area contributed by atoms with E-state index in [1.807, 2.05) is 6.92 Å². The molecule has 1 aromatic carbocycles. The molecule has 126 valence electrons. The van der Waals surface area contributed by atoms with Crippen LogP contribution in [0.3, 0.4) is 0 Å². The molecule has 0 saturated carbocycles. The first-order valence-electron chi connectivity index (χ1n) is 8.14. The fraction of sp³-hybridized carbons (Fsp3) is 0.562. The molecule has 0 aromatic heterocycles. The van der Waals surface area contributed by atoms with Crippen molar-refractivity contribution in [1.29, 1.82) is 0 Å². The van der Waals surface area contributed by atoms with Gasteiger partial charge < -0.3 is 11.1 Å². The number of hydrogen-bond donors (Lipinski definition) is 5. The van der Waals surface area contributed by atoms with Crippen LogP contribution in [0.1, 0.15) is 37.1 Å². The van der Waals surface area contributed by atoms with Gasteiger partial charge in [0.15, 0.2) is 0 Å². The lowest BCUT2D eigenvalue weighted by Gasteiger charge is -2.29. The van der Waals surface area contributed by atoms with E-state index in [1.54, 1.807) is 0 Å². The monoisotopic (exact) mass is 319 g/mol. The van der Waals surface area contributed by atoms with E-state index in [2.05, 4.69) is 45.7 Å². The number of nitrogens with one attached hydrogen (secondary N) is 4. The van der Waals surface area contributed by atoms with Crippen molar-refractivity contribution < 1.29 is 9.63 Å². The molecule has 4 unspecified atom stereocenters. The number of hydrogen-bond acceptors (Lipinski definition) is 6. The molecule has 23 heavy (non-hydrogen) atoms. The number of primary amides is 1. The van der Waals surface area contributed by atoms with Gasteiger partial charge in [0.25, 0.3) is 0 Å². The third-order valence-electron chi connectivity index (χ3n) is 4.44. The van der Waals surface area contributed by atoms with Crippen LogP contribution in [0, 0.1) is 5.92 Å². The van der Waals surface area contributed by atoms with E-state index in [-0.39, 0.29) is 30.4 Å². The highest BCUT2D eigenvalue weighted by Gasteiger charge is 2.25. The molecule has 0 aliphatic carbocycles. The summed E-state index contributed by atoms with van der Waals surface area (Å²) in [6.07, 6.45) is 1.75. The maximum absolute atomic E-state index is 11.3. The predicted molar refractivity (Wildman–Crippen MR) is 86.6 cm³/mol. The summed E-state index contributed by atoms with van der Waals surface area (Å²) in [6.45, 7) is 3.53. The highest BCUT2D eigenvalue weighted by molar-refractivity contribution is 5.76. The van der Waals surface area contributed by atoms with Crippen LogP contribution >= 0.6 is 0 Å². The molecule has 2 aliphatic rings. The lowest BCUT2D eigenvalue weighted by atomic mass is 9.95. The van der Waals surface area contributed by atoms with E-state index >= 15 is 0 Å². The number of hydroxylamine groups is 1. The van der Waals surface area contributed by atoms with Crippen molar-refractivity contribution in [3.05, 3.63) is 35.4 Å². The van der Waals surface area contributed by atoms with E-state index in [0.29, 0.717) is 0 Å². The van der Waals surface area contributed by atoms with Gasteiger partial charge in [-0.15, -0.1) is 0 Å². The normalized spacial score (nSPS) is 31.2. The first kappa shape index (κ1) is 16.4. The smallest absolute Gasteiger partial charge is 0.220 e. The Labute approximate surface area is 136 Å². The van der Waals surface area contributed by atoms with Crippen LogP contribution < -0.4 is 27.2 Å². The minimum atomic E-state index is -0.198. The van der Waals surface area contributed by atoms with Crippen molar-refractivity contribution >= 4 is 5.91 Å². The molecule has 0 bridgehead atoms. The lowest BCUT2D eigenvalue weighted by Crippen LogP contribution is -2.49. The van der Waals surface area contributed by atoms with Crippen LogP contribution in [0.5, 0.6) is 0 Å². The van der Waals surface area contributed by atoms with Crippen molar-refractivity contribution in [2.45, 2.75) is 44.9 Å². The number of rotatable bonds is 5. The summed E-state index contributed by atoms with van der Waals surface area (Å²) in [6, 6.07) is 8.37.